The average Bonchev–Trinajstić information content (AvgIpc) is 2.37. The highest BCUT2D eigenvalue weighted by molar-refractivity contribution is 5.85. The molecule has 20 heavy (non-hydrogen) atoms. The molecule has 0 saturated carbocycles. The molecule has 3 heteroatoms. The molecular weight excluding hydrogens is 248 g/mol. The second-order valence-electron chi connectivity index (χ2n) is 5.98. The van der Waals surface area contributed by atoms with E-state index < -0.39 is 5.60 Å². The number of nitrogens with zero attached hydrogens (tertiary/aromatic N) is 1. The number of fused-ring (bicyclic) bond motifs is 1. The van der Waals surface area contributed by atoms with Crippen LogP contribution in [0.2, 0.25) is 0 Å². The van der Waals surface area contributed by atoms with Crippen LogP contribution in [-0.2, 0) is 6.54 Å². The molecule has 0 aliphatic heterocycles. The maximum atomic E-state index is 10.3. The van der Waals surface area contributed by atoms with E-state index in [0.717, 1.165) is 6.54 Å². The minimum absolute atomic E-state index is 0.578. The van der Waals surface area contributed by atoms with E-state index in [1.165, 1.54) is 16.3 Å². The molecule has 0 amide bonds. The average molecular weight is 272 g/mol. The fourth-order valence-electron chi connectivity index (χ4n) is 2.65. The van der Waals surface area contributed by atoms with Gasteiger partial charge in [-0.3, -0.25) is 0 Å². The lowest BCUT2D eigenvalue weighted by Crippen LogP contribution is -2.45. The van der Waals surface area contributed by atoms with Crippen molar-refractivity contribution in [2.24, 2.45) is 0 Å². The van der Waals surface area contributed by atoms with Crippen molar-refractivity contribution in [3.8, 4) is 0 Å². The highest BCUT2D eigenvalue weighted by Gasteiger charge is 2.20. The standard InChI is InChI=1S/C17H24N2O/c1-17(20,13-19(2)3)12-18-11-15-9-6-8-14-7-4-5-10-16(14)15/h4-10,18,20H,11-13H2,1-3H3. The summed E-state index contributed by atoms with van der Waals surface area (Å²) >= 11 is 0. The summed E-state index contributed by atoms with van der Waals surface area (Å²) in [6.45, 7) is 3.86. The summed E-state index contributed by atoms with van der Waals surface area (Å²) < 4.78 is 0. The second-order valence-corrected chi connectivity index (χ2v) is 5.98. The second kappa shape index (κ2) is 6.35. The molecule has 2 aromatic carbocycles. The van der Waals surface area contributed by atoms with Crippen molar-refractivity contribution in [3.63, 3.8) is 0 Å². The molecule has 0 heterocycles. The summed E-state index contributed by atoms with van der Waals surface area (Å²) in [4.78, 5) is 2.00. The van der Waals surface area contributed by atoms with Gasteiger partial charge in [-0.1, -0.05) is 42.5 Å². The van der Waals surface area contributed by atoms with Gasteiger partial charge in [0.2, 0.25) is 0 Å². The van der Waals surface area contributed by atoms with Gasteiger partial charge in [0.25, 0.3) is 0 Å². The smallest absolute Gasteiger partial charge is 0.0869 e. The molecule has 2 rings (SSSR count). The van der Waals surface area contributed by atoms with Crippen LogP contribution in [0.4, 0.5) is 0 Å². The van der Waals surface area contributed by atoms with Crippen LogP contribution >= 0.6 is 0 Å². The number of nitrogens with one attached hydrogen (secondary N) is 1. The molecule has 1 unspecified atom stereocenters. The SMILES string of the molecule is CN(C)CC(C)(O)CNCc1cccc2ccccc12. The van der Waals surface area contributed by atoms with E-state index >= 15 is 0 Å². The van der Waals surface area contributed by atoms with Crippen molar-refractivity contribution in [1.29, 1.82) is 0 Å². The van der Waals surface area contributed by atoms with Crippen LogP contribution in [0.25, 0.3) is 10.8 Å². The molecule has 0 bridgehead atoms. The quantitative estimate of drug-likeness (QED) is 0.846. The van der Waals surface area contributed by atoms with Gasteiger partial charge in [0.1, 0.15) is 0 Å². The minimum Gasteiger partial charge on any atom is -0.388 e. The number of likely N-dealkylation sites (N-methyl/N-ethyl adjacent to an activating group) is 1. The van der Waals surface area contributed by atoms with E-state index in [4.69, 9.17) is 0 Å². The molecule has 3 nitrogen and oxygen atoms in total. The summed E-state index contributed by atoms with van der Waals surface area (Å²) in [5, 5.41) is 16.2. The van der Waals surface area contributed by atoms with Crippen LogP contribution < -0.4 is 5.32 Å². The van der Waals surface area contributed by atoms with E-state index in [0.29, 0.717) is 13.1 Å². The summed E-state index contributed by atoms with van der Waals surface area (Å²) in [7, 11) is 3.94. The first-order valence-electron chi connectivity index (χ1n) is 7.02. The Morgan fingerprint density at radius 3 is 2.55 bits per heavy atom. The predicted molar refractivity (Wildman–Crippen MR) is 84.8 cm³/mol. The lowest BCUT2D eigenvalue weighted by molar-refractivity contribution is 0.0336. The monoisotopic (exact) mass is 272 g/mol. The van der Waals surface area contributed by atoms with Gasteiger partial charge < -0.3 is 15.3 Å². The van der Waals surface area contributed by atoms with Crippen molar-refractivity contribution >= 4 is 10.8 Å². The molecule has 0 radical (unpaired) electrons. The molecule has 0 aliphatic carbocycles. The predicted octanol–water partition coefficient (Wildman–Crippen LogP) is 2.24. The molecule has 1 atom stereocenters. The number of hydrogen-bond acceptors (Lipinski definition) is 3. The first-order chi connectivity index (χ1) is 9.48. The van der Waals surface area contributed by atoms with Gasteiger partial charge in [-0.15, -0.1) is 0 Å². The van der Waals surface area contributed by atoms with E-state index in [9.17, 15) is 5.11 Å². The molecular formula is C17H24N2O. The lowest BCUT2D eigenvalue weighted by Gasteiger charge is -2.27. The van der Waals surface area contributed by atoms with Crippen LogP contribution in [0.15, 0.2) is 42.5 Å². The third-order valence-electron chi connectivity index (χ3n) is 3.36. The maximum Gasteiger partial charge on any atom is 0.0869 e. The maximum absolute atomic E-state index is 10.3. The Labute approximate surface area is 121 Å². The molecule has 0 fully saturated rings. The number of rotatable bonds is 6. The highest BCUT2D eigenvalue weighted by Crippen LogP contribution is 2.18. The molecule has 0 saturated heterocycles. The van der Waals surface area contributed by atoms with E-state index in [-0.39, 0.29) is 0 Å². The number of hydrogen-bond donors (Lipinski definition) is 2. The van der Waals surface area contributed by atoms with E-state index in [1.807, 2.05) is 25.9 Å². The molecule has 0 spiro atoms. The molecule has 2 N–H and O–H groups in total. The van der Waals surface area contributed by atoms with Crippen molar-refractivity contribution in [3.05, 3.63) is 48.0 Å². The van der Waals surface area contributed by atoms with Crippen molar-refractivity contribution in [2.45, 2.75) is 19.1 Å². The van der Waals surface area contributed by atoms with Crippen LogP contribution in [0.3, 0.4) is 0 Å². The zero-order chi connectivity index (χ0) is 14.6. The molecule has 108 valence electrons. The van der Waals surface area contributed by atoms with E-state index in [1.54, 1.807) is 0 Å². The Kier molecular flexibility index (Phi) is 4.76. The topological polar surface area (TPSA) is 35.5 Å². The van der Waals surface area contributed by atoms with Crippen LogP contribution in [-0.4, -0.2) is 42.8 Å². The van der Waals surface area contributed by atoms with Gasteiger partial charge in [0, 0.05) is 19.6 Å². The van der Waals surface area contributed by atoms with Crippen molar-refractivity contribution in [2.75, 3.05) is 27.2 Å². The fraction of sp³-hybridized carbons (Fsp3) is 0.412. The number of aliphatic hydroxyl groups is 1. The lowest BCUT2D eigenvalue weighted by atomic mass is 10.0. The third kappa shape index (κ3) is 4.04. The van der Waals surface area contributed by atoms with Crippen molar-refractivity contribution in [1.82, 2.24) is 10.2 Å². The first kappa shape index (κ1) is 15.0. The zero-order valence-corrected chi connectivity index (χ0v) is 12.6. The Bertz CT molecular complexity index is 558. The fourth-order valence-corrected chi connectivity index (χ4v) is 2.65. The van der Waals surface area contributed by atoms with Crippen LogP contribution in [0.1, 0.15) is 12.5 Å². The van der Waals surface area contributed by atoms with Gasteiger partial charge in [-0.25, -0.2) is 0 Å². The number of benzene rings is 2. The minimum atomic E-state index is -0.714. The Balaban J connectivity index is 2.00. The van der Waals surface area contributed by atoms with Gasteiger partial charge in [-0.2, -0.15) is 0 Å². The first-order valence-corrected chi connectivity index (χ1v) is 7.02. The largest absolute Gasteiger partial charge is 0.388 e. The van der Waals surface area contributed by atoms with Crippen LogP contribution in [0.5, 0.6) is 0 Å². The van der Waals surface area contributed by atoms with Gasteiger partial charge in [0.15, 0.2) is 0 Å². The van der Waals surface area contributed by atoms with Gasteiger partial charge >= 0.3 is 0 Å². The summed E-state index contributed by atoms with van der Waals surface area (Å²) in [5.41, 5.74) is 0.553. The highest BCUT2D eigenvalue weighted by atomic mass is 16.3. The molecule has 0 aliphatic rings. The molecule has 0 aromatic heterocycles. The normalized spacial score (nSPS) is 14.7. The van der Waals surface area contributed by atoms with Crippen molar-refractivity contribution < 1.29 is 5.11 Å². The molecule has 2 aromatic rings. The summed E-state index contributed by atoms with van der Waals surface area (Å²) in [6, 6.07) is 14.7. The van der Waals surface area contributed by atoms with Crippen LogP contribution in [0, 0.1) is 0 Å². The summed E-state index contributed by atoms with van der Waals surface area (Å²) in [6.07, 6.45) is 0. The van der Waals surface area contributed by atoms with E-state index in [2.05, 4.69) is 47.8 Å². The van der Waals surface area contributed by atoms with Gasteiger partial charge in [0.05, 0.1) is 5.60 Å². The Hall–Kier alpha value is -1.42. The van der Waals surface area contributed by atoms with Gasteiger partial charge in [-0.05, 0) is 37.4 Å². The third-order valence-corrected chi connectivity index (χ3v) is 3.36. The summed E-state index contributed by atoms with van der Waals surface area (Å²) in [5.74, 6) is 0. The Morgan fingerprint density at radius 2 is 1.80 bits per heavy atom. The zero-order valence-electron chi connectivity index (χ0n) is 12.6. The Morgan fingerprint density at radius 1 is 1.10 bits per heavy atom.